The molecular weight excluding hydrogens is 268 g/mol. The molecule has 1 rings (SSSR count). The third-order valence-corrected chi connectivity index (χ3v) is 2.59. The van der Waals surface area contributed by atoms with Crippen molar-refractivity contribution in [1.82, 2.24) is 9.97 Å². The van der Waals surface area contributed by atoms with Gasteiger partial charge in [-0.05, 0) is 0 Å². The molecule has 0 bridgehead atoms. The number of alkyl halides is 1. The molecular formula is C8H9BrN2O2S. The number of carbonyl (C=O) groups excluding carboxylic acids is 1. The van der Waals surface area contributed by atoms with Crippen LogP contribution in [0, 0.1) is 0 Å². The Bertz CT molecular complexity index is 311. The molecule has 0 aliphatic rings. The monoisotopic (exact) mass is 276 g/mol. The number of rotatable bonds is 5. The molecule has 0 aliphatic carbocycles. The summed E-state index contributed by atoms with van der Waals surface area (Å²) in [5.41, 5.74) is 1.73. The first-order chi connectivity index (χ1) is 6.79. The van der Waals surface area contributed by atoms with Crippen molar-refractivity contribution >= 4 is 35.0 Å². The van der Waals surface area contributed by atoms with E-state index in [1.165, 1.54) is 6.33 Å². The molecule has 1 aromatic rings. The Labute approximate surface area is 95.6 Å². The highest BCUT2D eigenvalue weighted by Gasteiger charge is 2.12. The predicted molar refractivity (Wildman–Crippen MR) is 58.4 cm³/mol. The van der Waals surface area contributed by atoms with Gasteiger partial charge in [0.05, 0.1) is 10.9 Å². The second-order valence-electron chi connectivity index (χ2n) is 2.50. The van der Waals surface area contributed by atoms with E-state index in [4.69, 9.17) is 0 Å². The molecule has 0 aliphatic heterocycles. The smallest absolute Gasteiger partial charge is 0.293 e. The van der Waals surface area contributed by atoms with Crippen molar-refractivity contribution in [3.05, 3.63) is 23.8 Å². The third-order valence-electron chi connectivity index (χ3n) is 1.63. The lowest BCUT2D eigenvalue weighted by Gasteiger charge is -2.11. The molecule has 0 saturated heterocycles. The van der Waals surface area contributed by atoms with E-state index in [1.807, 2.05) is 0 Å². The fraction of sp³-hybridized carbons (Fsp3) is 0.375. The van der Waals surface area contributed by atoms with E-state index in [9.17, 15) is 4.79 Å². The minimum Gasteiger partial charge on any atom is -0.466 e. The minimum atomic E-state index is -0.186. The van der Waals surface area contributed by atoms with Crippen LogP contribution in [0.15, 0.2) is 12.5 Å². The Balaban J connectivity index is 2.77. The molecule has 0 spiro atoms. The lowest BCUT2D eigenvalue weighted by Crippen LogP contribution is -2.05. The summed E-state index contributed by atoms with van der Waals surface area (Å²) in [5, 5.41) is 0.442. The van der Waals surface area contributed by atoms with Crippen LogP contribution in [0.25, 0.3) is 0 Å². The largest absolute Gasteiger partial charge is 0.466 e. The number of hydrogen-bond acceptors (Lipinski definition) is 5. The van der Waals surface area contributed by atoms with Gasteiger partial charge < -0.3 is 4.74 Å². The van der Waals surface area contributed by atoms with Crippen LogP contribution in [0.2, 0.25) is 0 Å². The summed E-state index contributed by atoms with van der Waals surface area (Å²) < 4.78 is 4.62. The first-order valence-electron chi connectivity index (χ1n) is 3.87. The maximum atomic E-state index is 10.00. The van der Waals surface area contributed by atoms with Crippen molar-refractivity contribution in [2.75, 3.05) is 6.61 Å². The molecule has 0 amide bonds. The van der Waals surface area contributed by atoms with Crippen molar-refractivity contribution in [3.8, 4) is 0 Å². The van der Waals surface area contributed by atoms with Gasteiger partial charge in [0.2, 0.25) is 0 Å². The number of carbonyl (C=O) groups is 1. The van der Waals surface area contributed by atoms with Gasteiger partial charge in [-0.3, -0.25) is 4.79 Å². The molecule has 14 heavy (non-hydrogen) atoms. The average molecular weight is 277 g/mol. The number of aromatic nitrogens is 2. The highest BCUT2D eigenvalue weighted by molar-refractivity contribution is 9.08. The number of thiol groups is 1. The fourth-order valence-electron chi connectivity index (χ4n) is 0.976. The van der Waals surface area contributed by atoms with Crippen LogP contribution in [-0.4, -0.2) is 23.0 Å². The van der Waals surface area contributed by atoms with Crippen molar-refractivity contribution in [2.45, 2.75) is 10.6 Å². The van der Waals surface area contributed by atoms with Gasteiger partial charge in [-0.1, -0.05) is 15.9 Å². The molecule has 6 heteroatoms. The molecule has 1 atom stereocenters. The van der Waals surface area contributed by atoms with Gasteiger partial charge >= 0.3 is 0 Å². The summed E-state index contributed by atoms with van der Waals surface area (Å²) in [6, 6.07) is 0. The zero-order chi connectivity index (χ0) is 10.4. The topological polar surface area (TPSA) is 52.1 Å². The van der Waals surface area contributed by atoms with E-state index in [1.54, 1.807) is 6.20 Å². The van der Waals surface area contributed by atoms with Gasteiger partial charge in [0.25, 0.3) is 6.47 Å². The van der Waals surface area contributed by atoms with Gasteiger partial charge in [-0.2, -0.15) is 12.6 Å². The maximum Gasteiger partial charge on any atom is 0.293 e. The van der Waals surface area contributed by atoms with Gasteiger partial charge in [-0.25, -0.2) is 9.97 Å². The highest BCUT2D eigenvalue weighted by atomic mass is 79.9. The summed E-state index contributed by atoms with van der Waals surface area (Å²) in [4.78, 5) is 18.0. The number of ether oxygens (including phenoxy) is 1. The summed E-state index contributed by atoms with van der Waals surface area (Å²) in [6.07, 6.45) is 3.15. The molecule has 0 fully saturated rings. The standard InChI is InChI=1S/C8H9BrN2O2S/c9-1-7-6(2-10-4-11-7)8(14)3-13-5-12/h2,4-5,8,14H,1,3H2. The predicted octanol–water partition coefficient (Wildman–Crippen LogP) is 1.52. The second kappa shape index (κ2) is 5.98. The molecule has 4 nitrogen and oxygen atoms in total. The summed E-state index contributed by atoms with van der Waals surface area (Å²) in [6.45, 7) is 0.626. The number of hydrogen-bond donors (Lipinski definition) is 1. The van der Waals surface area contributed by atoms with Gasteiger partial charge in [0, 0.05) is 17.1 Å². The third kappa shape index (κ3) is 2.95. The first-order valence-corrected chi connectivity index (χ1v) is 5.51. The maximum absolute atomic E-state index is 10.00. The van der Waals surface area contributed by atoms with E-state index in [0.717, 1.165) is 11.3 Å². The number of halogens is 1. The quantitative estimate of drug-likeness (QED) is 0.503. The van der Waals surface area contributed by atoms with Gasteiger partial charge in [-0.15, -0.1) is 0 Å². The summed E-state index contributed by atoms with van der Waals surface area (Å²) >= 11 is 7.60. The van der Waals surface area contributed by atoms with E-state index in [0.29, 0.717) is 11.8 Å². The molecule has 76 valence electrons. The summed E-state index contributed by atoms with van der Waals surface area (Å²) in [7, 11) is 0. The van der Waals surface area contributed by atoms with Crippen molar-refractivity contribution < 1.29 is 9.53 Å². The zero-order valence-corrected chi connectivity index (χ0v) is 9.74. The Morgan fingerprint density at radius 1 is 1.71 bits per heavy atom. The molecule has 0 aromatic carbocycles. The minimum absolute atomic E-state index is 0.186. The Hall–Kier alpha value is -0.620. The van der Waals surface area contributed by atoms with Crippen LogP contribution in [0.5, 0.6) is 0 Å². The molecule has 0 N–H and O–H groups in total. The van der Waals surface area contributed by atoms with Crippen molar-refractivity contribution in [3.63, 3.8) is 0 Å². The molecule has 1 heterocycles. The van der Waals surface area contributed by atoms with E-state index >= 15 is 0 Å². The molecule has 0 saturated carbocycles. The average Bonchev–Trinajstić information content (AvgIpc) is 2.25. The Kier molecular flexibility index (Phi) is 4.89. The van der Waals surface area contributed by atoms with Crippen LogP contribution in [0.1, 0.15) is 16.5 Å². The van der Waals surface area contributed by atoms with Gasteiger partial charge in [0.15, 0.2) is 0 Å². The fourth-order valence-corrected chi connectivity index (χ4v) is 1.75. The van der Waals surface area contributed by atoms with Crippen LogP contribution < -0.4 is 0 Å². The van der Waals surface area contributed by atoms with Crippen LogP contribution in [-0.2, 0) is 14.9 Å². The van der Waals surface area contributed by atoms with E-state index in [-0.39, 0.29) is 11.9 Å². The van der Waals surface area contributed by atoms with Crippen LogP contribution in [0.3, 0.4) is 0 Å². The van der Waals surface area contributed by atoms with E-state index < -0.39 is 0 Å². The van der Waals surface area contributed by atoms with Crippen molar-refractivity contribution in [1.29, 1.82) is 0 Å². The lowest BCUT2D eigenvalue weighted by atomic mass is 10.2. The zero-order valence-electron chi connectivity index (χ0n) is 7.26. The molecule has 0 radical (unpaired) electrons. The van der Waals surface area contributed by atoms with Crippen LogP contribution >= 0.6 is 28.6 Å². The molecule has 1 unspecified atom stereocenters. The molecule has 1 aromatic heterocycles. The SMILES string of the molecule is O=COCC(S)c1cncnc1CBr. The Morgan fingerprint density at radius 2 is 2.50 bits per heavy atom. The lowest BCUT2D eigenvalue weighted by molar-refractivity contribution is -0.128. The second-order valence-corrected chi connectivity index (χ2v) is 3.69. The Morgan fingerprint density at radius 3 is 3.14 bits per heavy atom. The van der Waals surface area contributed by atoms with Crippen molar-refractivity contribution in [2.24, 2.45) is 0 Å². The highest BCUT2D eigenvalue weighted by Crippen LogP contribution is 2.22. The van der Waals surface area contributed by atoms with E-state index in [2.05, 4.69) is 43.3 Å². The first kappa shape index (κ1) is 11.5. The van der Waals surface area contributed by atoms with Gasteiger partial charge in [0.1, 0.15) is 12.9 Å². The van der Waals surface area contributed by atoms with Crippen LogP contribution in [0.4, 0.5) is 0 Å². The summed E-state index contributed by atoms with van der Waals surface area (Å²) in [5.74, 6) is 0. The number of nitrogens with zero attached hydrogens (tertiary/aromatic N) is 2. The normalized spacial score (nSPS) is 12.1.